The summed E-state index contributed by atoms with van der Waals surface area (Å²) in [6.45, 7) is 2.40. The molecule has 0 aromatic heterocycles. The summed E-state index contributed by atoms with van der Waals surface area (Å²) in [7, 11) is -4.79. The molecule has 1 unspecified atom stereocenters. The highest BCUT2D eigenvalue weighted by Crippen LogP contribution is 2.43. The molecule has 1 saturated carbocycles. The monoisotopic (exact) mass is 884 g/mol. The lowest BCUT2D eigenvalue weighted by Gasteiger charge is -2.20. The molecule has 61 heavy (non-hydrogen) atoms. The van der Waals surface area contributed by atoms with Crippen molar-refractivity contribution >= 4 is 31.5 Å². The number of aliphatic hydroxyl groups is 2. The van der Waals surface area contributed by atoms with Gasteiger partial charge in [0.25, 0.3) is 0 Å². The number of esters is 2. The summed E-state index contributed by atoms with van der Waals surface area (Å²) in [4.78, 5) is 58.8. The van der Waals surface area contributed by atoms with E-state index in [4.69, 9.17) is 24.8 Å². The Morgan fingerprint density at radius 3 is 2.03 bits per heavy atom. The zero-order valence-corrected chi connectivity index (χ0v) is 37.8. The number of carbonyl (C=O) groups is 4. The lowest BCUT2D eigenvalue weighted by molar-refractivity contribution is -0.161. The maximum atomic E-state index is 12.7. The number of phosphoric acid groups is 1. The Hall–Kier alpha value is -2.97. The van der Waals surface area contributed by atoms with E-state index in [0.717, 1.165) is 51.4 Å². The van der Waals surface area contributed by atoms with Crippen molar-refractivity contribution in [1.82, 2.24) is 0 Å². The number of ether oxygens (including phenoxy) is 2. The third-order valence-corrected chi connectivity index (χ3v) is 11.4. The fraction of sp³-hybridized carbons (Fsp3) is 0.739. The van der Waals surface area contributed by atoms with Crippen molar-refractivity contribution in [2.75, 3.05) is 19.8 Å². The molecule has 1 rings (SSSR count). The number of Topliss-reactive ketones (excluding diaryl/α,β-unsaturated/α-hetero) is 1. The summed E-state index contributed by atoms with van der Waals surface area (Å²) in [5.74, 6) is -3.25. The Morgan fingerprint density at radius 1 is 0.770 bits per heavy atom. The Morgan fingerprint density at radius 2 is 1.34 bits per heavy atom. The smallest absolute Gasteiger partial charge is 0.472 e. The van der Waals surface area contributed by atoms with Crippen LogP contribution in [0.1, 0.15) is 162 Å². The second kappa shape index (κ2) is 35.5. The fourth-order valence-corrected chi connectivity index (χ4v) is 7.58. The predicted octanol–water partition coefficient (Wildman–Crippen LogP) is 8.76. The maximum absolute atomic E-state index is 12.7. The van der Waals surface area contributed by atoms with Gasteiger partial charge in [0.05, 0.1) is 25.4 Å². The van der Waals surface area contributed by atoms with E-state index in [9.17, 15) is 38.8 Å². The molecule has 0 aromatic rings. The van der Waals surface area contributed by atoms with Gasteiger partial charge in [0.2, 0.25) is 0 Å². The van der Waals surface area contributed by atoms with Crippen LogP contribution in [-0.2, 0) is 42.3 Å². The van der Waals surface area contributed by atoms with E-state index in [2.05, 4.69) is 42.7 Å². The molecule has 0 aromatic carbocycles. The van der Waals surface area contributed by atoms with Crippen molar-refractivity contribution in [1.29, 1.82) is 0 Å². The maximum Gasteiger partial charge on any atom is 0.472 e. The molecule has 7 atom stereocenters. The number of rotatable bonds is 38. The molecule has 0 radical (unpaired) electrons. The number of hydrogen-bond donors (Lipinski definition) is 5. The Balaban J connectivity index is 2.50. The molecule has 1 fully saturated rings. The lowest BCUT2D eigenvalue weighted by Crippen LogP contribution is -2.34. The van der Waals surface area contributed by atoms with E-state index in [1.165, 1.54) is 38.5 Å². The summed E-state index contributed by atoms with van der Waals surface area (Å²) in [5.41, 5.74) is 5.33. The zero-order valence-electron chi connectivity index (χ0n) is 37.0. The number of aliphatic carboxylic acids is 1. The first-order valence-corrected chi connectivity index (χ1v) is 24.3. The molecule has 6 N–H and O–H groups in total. The molecule has 14 nitrogen and oxygen atoms in total. The Bertz CT molecular complexity index is 1380. The number of phosphoric ester groups is 1. The molecule has 1 aliphatic carbocycles. The summed E-state index contributed by atoms with van der Waals surface area (Å²) in [6.07, 6.45) is 32.3. The zero-order chi connectivity index (χ0) is 45.1. The van der Waals surface area contributed by atoms with Crippen molar-refractivity contribution in [2.24, 2.45) is 17.6 Å². The van der Waals surface area contributed by atoms with Crippen LogP contribution in [0.4, 0.5) is 0 Å². The highest BCUT2D eigenvalue weighted by atomic mass is 31.2. The van der Waals surface area contributed by atoms with Crippen LogP contribution in [0.15, 0.2) is 48.6 Å². The summed E-state index contributed by atoms with van der Waals surface area (Å²) in [5, 5.41) is 29.6. The molecule has 0 amide bonds. The molecule has 0 bridgehead atoms. The molecule has 15 heteroatoms. The predicted molar refractivity (Wildman–Crippen MR) is 236 cm³/mol. The number of aliphatic hydroxyl groups excluding tert-OH is 2. The standard InChI is InChI=1S/C46H78NO13P/c1-3-5-7-8-9-10-11-12-13-14-15-16-17-18-19-20-26-30-45(52)60-38(35-58-61(55,56)59-36-41(47)46(53)54)34-57-44(51)29-25-22-21-24-28-39-40(43(50)33-42(39)49)32-31-37(48)27-23-6-4-2/h12-13,15-16,18-19,31-32,37-41,43,48,50H,3-11,14,17,20-30,33-36,47H2,1-2H3,(H,53,54)(H,55,56)/b13-12-,16-15-,19-18-,32-31+/t37-,38+,39+,40+,41-,43+/m0/s1. The van der Waals surface area contributed by atoms with Crippen molar-refractivity contribution in [3.63, 3.8) is 0 Å². The van der Waals surface area contributed by atoms with Crippen LogP contribution < -0.4 is 5.73 Å². The average Bonchev–Trinajstić information content (AvgIpc) is 3.49. The van der Waals surface area contributed by atoms with Crippen LogP contribution in [-0.4, -0.2) is 88.1 Å². The van der Waals surface area contributed by atoms with E-state index in [1.807, 2.05) is 12.2 Å². The van der Waals surface area contributed by atoms with Crippen molar-refractivity contribution in [3.8, 4) is 0 Å². The van der Waals surface area contributed by atoms with Crippen LogP contribution in [0.25, 0.3) is 0 Å². The van der Waals surface area contributed by atoms with Crippen molar-refractivity contribution < 1.29 is 62.5 Å². The van der Waals surface area contributed by atoms with E-state index in [-0.39, 0.29) is 36.9 Å². The molecule has 0 spiro atoms. The second-order valence-electron chi connectivity index (χ2n) is 16.0. The topological polar surface area (TPSA) is 229 Å². The Labute approximate surface area is 365 Å². The number of ketones is 1. The van der Waals surface area contributed by atoms with Gasteiger partial charge in [-0.25, -0.2) is 4.57 Å². The van der Waals surface area contributed by atoms with Gasteiger partial charge in [0, 0.05) is 31.1 Å². The quantitative estimate of drug-likeness (QED) is 0.0169. The number of hydrogen-bond acceptors (Lipinski definition) is 12. The van der Waals surface area contributed by atoms with Crippen LogP contribution in [0, 0.1) is 11.8 Å². The van der Waals surface area contributed by atoms with Gasteiger partial charge in [-0.2, -0.15) is 0 Å². The number of carboxylic acid groups (broad SMARTS) is 1. The van der Waals surface area contributed by atoms with E-state index < -0.39 is 69.9 Å². The highest BCUT2D eigenvalue weighted by Gasteiger charge is 2.39. The normalized spacial score (nSPS) is 19.6. The highest BCUT2D eigenvalue weighted by molar-refractivity contribution is 7.47. The minimum absolute atomic E-state index is 0.0197. The van der Waals surface area contributed by atoms with Gasteiger partial charge in [0.1, 0.15) is 18.4 Å². The minimum atomic E-state index is -4.79. The van der Waals surface area contributed by atoms with Gasteiger partial charge in [-0.15, -0.1) is 0 Å². The molecule has 0 saturated heterocycles. The average molecular weight is 884 g/mol. The second-order valence-corrected chi connectivity index (χ2v) is 17.4. The Kier molecular flexibility index (Phi) is 32.6. The molecule has 0 heterocycles. The van der Waals surface area contributed by atoms with Gasteiger partial charge >= 0.3 is 25.7 Å². The van der Waals surface area contributed by atoms with Crippen LogP contribution in [0.5, 0.6) is 0 Å². The first-order valence-electron chi connectivity index (χ1n) is 22.8. The van der Waals surface area contributed by atoms with E-state index in [1.54, 1.807) is 12.2 Å². The number of unbranched alkanes of at least 4 members (excludes halogenated alkanes) is 12. The number of nitrogens with two attached hydrogens (primary N) is 1. The SMILES string of the molecule is CCCCCCCC/C=C\C/C=C\C/C=C\CCCC(=O)O[C@H](COC(=O)CCCCCC[C@H]1C(=O)C[C@@H](O)[C@@H]1/C=C/[C@@H](O)CCCCC)COP(=O)(O)OC[C@H](N)C(=O)O. The van der Waals surface area contributed by atoms with Gasteiger partial charge in [-0.05, 0) is 57.8 Å². The molecular weight excluding hydrogens is 805 g/mol. The van der Waals surface area contributed by atoms with Gasteiger partial charge in [-0.3, -0.25) is 28.2 Å². The summed E-state index contributed by atoms with van der Waals surface area (Å²) < 4.78 is 32.6. The summed E-state index contributed by atoms with van der Waals surface area (Å²) in [6, 6.07) is -1.57. The first kappa shape index (κ1) is 56.0. The minimum Gasteiger partial charge on any atom is -0.480 e. The van der Waals surface area contributed by atoms with Crippen LogP contribution >= 0.6 is 7.82 Å². The number of carboxylic acids is 1. The number of carbonyl (C=O) groups excluding carboxylic acids is 3. The fourth-order valence-electron chi connectivity index (χ4n) is 6.80. The van der Waals surface area contributed by atoms with Gasteiger partial charge in [-0.1, -0.05) is 133 Å². The van der Waals surface area contributed by atoms with E-state index >= 15 is 0 Å². The van der Waals surface area contributed by atoms with Crippen molar-refractivity contribution in [2.45, 2.75) is 186 Å². The van der Waals surface area contributed by atoms with Gasteiger partial charge in [0.15, 0.2) is 6.10 Å². The lowest BCUT2D eigenvalue weighted by atomic mass is 9.88. The summed E-state index contributed by atoms with van der Waals surface area (Å²) >= 11 is 0. The number of allylic oxidation sites excluding steroid dienone is 6. The van der Waals surface area contributed by atoms with Crippen LogP contribution in [0.3, 0.4) is 0 Å². The third-order valence-electron chi connectivity index (χ3n) is 10.4. The molecular formula is C46H78NO13P. The first-order chi connectivity index (χ1) is 29.3. The van der Waals surface area contributed by atoms with Crippen molar-refractivity contribution in [3.05, 3.63) is 48.6 Å². The molecule has 1 aliphatic rings. The van der Waals surface area contributed by atoms with E-state index in [0.29, 0.717) is 38.5 Å². The third kappa shape index (κ3) is 29.9. The van der Waals surface area contributed by atoms with Gasteiger partial charge < -0.3 is 35.4 Å². The van der Waals surface area contributed by atoms with Crippen LogP contribution in [0.2, 0.25) is 0 Å². The molecule has 350 valence electrons. The largest absolute Gasteiger partial charge is 0.480 e. The molecule has 0 aliphatic heterocycles.